The van der Waals surface area contributed by atoms with Crippen LogP contribution in [0.5, 0.6) is 0 Å². The number of benzene rings is 2. The van der Waals surface area contributed by atoms with Crippen molar-refractivity contribution < 1.29 is 4.79 Å². The van der Waals surface area contributed by atoms with E-state index in [1.54, 1.807) is 18.2 Å². The van der Waals surface area contributed by atoms with Crippen LogP contribution in [0.15, 0.2) is 54.7 Å². The molecule has 4 nitrogen and oxygen atoms in total. The molecule has 0 unspecified atom stereocenters. The number of aromatic nitrogens is 1. The normalized spacial score (nSPS) is 10.7. The van der Waals surface area contributed by atoms with Crippen molar-refractivity contribution in [1.82, 2.24) is 4.57 Å². The number of hydrogen-bond acceptors (Lipinski definition) is 2. The summed E-state index contributed by atoms with van der Waals surface area (Å²) >= 11 is 6.05. The van der Waals surface area contributed by atoms with Crippen LogP contribution in [-0.4, -0.2) is 10.5 Å². The Morgan fingerprint density at radius 3 is 2.81 bits per heavy atom. The fourth-order valence-electron chi connectivity index (χ4n) is 2.26. The standard InChI is InChI=1S/C16H14ClN3O/c17-13-9-12(18)5-6-14(13)19-16(21)10-20-8-7-11-3-1-2-4-15(11)20/h1-9H,10,18H2,(H,19,21). The molecule has 0 aliphatic rings. The Bertz CT molecular complexity index is 810. The van der Waals surface area contributed by atoms with Crippen molar-refractivity contribution >= 4 is 39.8 Å². The van der Waals surface area contributed by atoms with Gasteiger partial charge in [-0.2, -0.15) is 0 Å². The summed E-state index contributed by atoms with van der Waals surface area (Å²) < 4.78 is 1.90. The molecule has 0 saturated carbocycles. The molecule has 0 aliphatic heterocycles. The van der Waals surface area contributed by atoms with Crippen LogP contribution in [0.1, 0.15) is 0 Å². The highest BCUT2D eigenvalue weighted by atomic mass is 35.5. The minimum absolute atomic E-state index is 0.136. The summed E-state index contributed by atoms with van der Waals surface area (Å²) in [4.78, 5) is 12.1. The summed E-state index contributed by atoms with van der Waals surface area (Å²) in [6.45, 7) is 0.230. The van der Waals surface area contributed by atoms with Crippen LogP contribution >= 0.6 is 11.6 Å². The molecule has 3 N–H and O–H groups in total. The highest BCUT2D eigenvalue weighted by Crippen LogP contribution is 2.24. The smallest absolute Gasteiger partial charge is 0.244 e. The summed E-state index contributed by atoms with van der Waals surface area (Å²) in [6, 6.07) is 14.9. The highest BCUT2D eigenvalue weighted by molar-refractivity contribution is 6.34. The second kappa shape index (κ2) is 5.50. The highest BCUT2D eigenvalue weighted by Gasteiger charge is 2.08. The van der Waals surface area contributed by atoms with E-state index in [2.05, 4.69) is 5.32 Å². The molecular formula is C16H14ClN3O. The van der Waals surface area contributed by atoms with Gasteiger partial charge in [0.05, 0.1) is 10.7 Å². The largest absolute Gasteiger partial charge is 0.399 e. The summed E-state index contributed by atoms with van der Waals surface area (Å²) in [6.07, 6.45) is 1.90. The summed E-state index contributed by atoms with van der Waals surface area (Å²) in [5, 5.41) is 4.33. The monoisotopic (exact) mass is 299 g/mol. The van der Waals surface area contributed by atoms with Gasteiger partial charge in [-0.25, -0.2) is 0 Å². The van der Waals surface area contributed by atoms with Gasteiger partial charge in [-0.1, -0.05) is 29.8 Å². The average molecular weight is 300 g/mol. The van der Waals surface area contributed by atoms with Gasteiger partial charge in [-0.3, -0.25) is 4.79 Å². The van der Waals surface area contributed by atoms with Crippen molar-refractivity contribution in [3.63, 3.8) is 0 Å². The fraction of sp³-hybridized carbons (Fsp3) is 0.0625. The lowest BCUT2D eigenvalue weighted by molar-refractivity contribution is -0.116. The molecule has 0 radical (unpaired) electrons. The summed E-state index contributed by atoms with van der Waals surface area (Å²) in [7, 11) is 0. The molecular weight excluding hydrogens is 286 g/mol. The number of para-hydroxylation sites is 1. The second-order valence-electron chi connectivity index (χ2n) is 4.79. The number of hydrogen-bond donors (Lipinski definition) is 2. The van der Waals surface area contributed by atoms with Crippen molar-refractivity contribution in [3.8, 4) is 0 Å². The summed E-state index contributed by atoms with van der Waals surface area (Å²) in [5.74, 6) is -0.136. The molecule has 0 bridgehead atoms. The number of nitrogens with two attached hydrogens (primary N) is 1. The van der Waals surface area contributed by atoms with E-state index in [9.17, 15) is 4.79 Å². The first kappa shape index (κ1) is 13.5. The van der Waals surface area contributed by atoms with E-state index in [-0.39, 0.29) is 12.5 Å². The lowest BCUT2D eigenvalue weighted by Gasteiger charge is -2.09. The Morgan fingerprint density at radius 2 is 2.00 bits per heavy atom. The van der Waals surface area contributed by atoms with Crippen LogP contribution in [-0.2, 0) is 11.3 Å². The number of amides is 1. The third-order valence-corrected chi connectivity index (χ3v) is 3.57. The summed E-state index contributed by atoms with van der Waals surface area (Å²) in [5.41, 5.74) is 7.78. The zero-order valence-corrected chi connectivity index (χ0v) is 12.0. The molecule has 106 valence electrons. The van der Waals surface area contributed by atoms with E-state index in [1.165, 1.54) is 0 Å². The van der Waals surface area contributed by atoms with Crippen LogP contribution in [0.25, 0.3) is 10.9 Å². The van der Waals surface area contributed by atoms with E-state index in [4.69, 9.17) is 17.3 Å². The van der Waals surface area contributed by atoms with Gasteiger partial charge in [0.1, 0.15) is 6.54 Å². The van der Waals surface area contributed by atoms with Crippen molar-refractivity contribution in [3.05, 3.63) is 59.8 Å². The van der Waals surface area contributed by atoms with Crippen molar-refractivity contribution in [1.29, 1.82) is 0 Å². The number of nitrogens with one attached hydrogen (secondary N) is 1. The van der Waals surface area contributed by atoms with Crippen molar-refractivity contribution in [2.24, 2.45) is 0 Å². The molecule has 5 heteroatoms. The fourth-order valence-corrected chi connectivity index (χ4v) is 2.49. The molecule has 0 spiro atoms. The zero-order chi connectivity index (χ0) is 14.8. The molecule has 3 aromatic rings. The molecule has 0 fully saturated rings. The Kier molecular flexibility index (Phi) is 3.54. The molecule has 3 rings (SSSR count). The van der Waals surface area contributed by atoms with Crippen LogP contribution in [0, 0.1) is 0 Å². The van der Waals surface area contributed by atoms with Crippen molar-refractivity contribution in [2.45, 2.75) is 6.54 Å². The molecule has 0 aliphatic carbocycles. The van der Waals surface area contributed by atoms with Gasteiger partial charge in [-0.15, -0.1) is 0 Å². The number of rotatable bonds is 3. The maximum atomic E-state index is 12.1. The van der Waals surface area contributed by atoms with E-state index in [1.807, 2.05) is 41.1 Å². The van der Waals surface area contributed by atoms with Gasteiger partial charge in [-0.05, 0) is 35.7 Å². The number of halogens is 1. The SMILES string of the molecule is Nc1ccc(NC(=O)Cn2ccc3ccccc32)c(Cl)c1. The van der Waals surface area contributed by atoms with Gasteiger partial charge < -0.3 is 15.6 Å². The number of anilines is 2. The molecule has 1 amide bonds. The predicted octanol–water partition coefficient (Wildman–Crippen LogP) is 3.52. The van der Waals surface area contributed by atoms with E-state index in [0.717, 1.165) is 10.9 Å². The van der Waals surface area contributed by atoms with E-state index < -0.39 is 0 Å². The lowest BCUT2D eigenvalue weighted by Crippen LogP contribution is -2.18. The van der Waals surface area contributed by atoms with E-state index in [0.29, 0.717) is 16.4 Å². The molecule has 1 aromatic heterocycles. The predicted molar refractivity (Wildman–Crippen MR) is 86.4 cm³/mol. The number of carbonyl (C=O) groups excluding carboxylic acids is 1. The maximum absolute atomic E-state index is 12.1. The van der Waals surface area contributed by atoms with E-state index >= 15 is 0 Å². The van der Waals surface area contributed by atoms with Gasteiger partial charge in [0.25, 0.3) is 0 Å². The molecule has 0 atom stereocenters. The number of carbonyl (C=O) groups is 1. The first-order valence-corrected chi connectivity index (χ1v) is 6.90. The Balaban J connectivity index is 1.77. The molecule has 2 aromatic carbocycles. The molecule has 21 heavy (non-hydrogen) atoms. The Morgan fingerprint density at radius 1 is 1.19 bits per heavy atom. The van der Waals surface area contributed by atoms with Crippen molar-refractivity contribution in [2.75, 3.05) is 11.1 Å². The molecule has 1 heterocycles. The minimum Gasteiger partial charge on any atom is -0.399 e. The number of nitrogen functional groups attached to an aromatic ring is 1. The average Bonchev–Trinajstić information content (AvgIpc) is 2.85. The zero-order valence-electron chi connectivity index (χ0n) is 11.2. The van der Waals surface area contributed by atoms with Crippen LogP contribution in [0.4, 0.5) is 11.4 Å². The third-order valence-electron chi connectivity index (χ3n) is 3.26. The first-order chi connectivity index (χ1) is 10.1. The van der Waals surface area contributed by atoms with Gasteiger partial charge >= 0.3 is 0 Å². The molecule has 0 saturated heterocycles. The Hall–Kier alpha value is -2.46. The second-order valence-corrected chi connectivity index (χ2v) is 5.20. The maximum Gasteiger partial charge on any atom is 0.244 e. The topological polar surface area (TPSA) is 60.0 Å². The quantitative estimate of drug-likeness (QED) is 0.727. The number of fused-ring (bicyclic) bond motifs is 1. The Labute approximate surface area is 127 Å². The van der Waals surface area contributed by atoms with Gasteiger partial charge in [0, 0.05) is 17.4 Å². The van der Waals surface area contributed by atoms with Crippen LogP contribution in [0.2, 0.25) is 5.02 Å². The van der Waals surface area contributed by atoms with Gasteiger partial charge in [0.2, 0.25) is 5.91 Å². The minimum atomic E-state index is -0.136. The third kappa shape index (κ3) is 2.85. The van der Waals surface area contributed by atoms with Crippen LogP contribution in [0.3, 0.4) is 0 Å². The number of nitrogens with zero attached hydrogens (tertiary/aromatic N) is 1. The van der Waals surface area contributed by atoms with Crippen LogP contribution < -0.4 is 11.1 Å². The van der Waals surface area contributed by atoms with Gasteiger partial charge in [0.15, 0.2) is 0 Å². The lowest BCUT2D eigenvalue weighted by atomic mass is 10.2. The first-order valence-electron chi connectivity index (χ1n) is 6.52.